The largest absolute Gasteiger partial charge is 0.464 e. The summed E-state index contributed by atoms with van der Waals surface area (Å²) in [4.78, 5) is 0. The van der Waals surface area contributed by atoms with Gasteiger partial charge in [0.15, 0.2) is 0 Å². The van der Waals surface area contributed by atoms with E-state index in [1.807, 2.05) is 36.4 Å². The lowest BCUT2D eigenvalue weighted by Crippen LogP contribution is -2.18. The van der Waals surface area contributed by atoms with Crippen LogP contribution in [0.2, 0.25) is 5.02 Å². The van der Waals surface area contributed by atoms with Crippen LogP contribution in [0.25, 0.3) is 0 Å². The summed E-state index contributed by atoms with van der Waals surface area (Å²) in [5, 5.41) is 4.22. The molecule has 2 aromatic rings. The van der Waals surface area contributed by atoms with Crippen LogP contribution in [-0.4, -0.2) is 6.26 Å². The molecule has 1 aromatic carbocycles. The van der Waals surface area contributed by atoms with Gasteiger partial charge in [0.05, 0.1) is 12.3 Å². The van der Waals surface area contributed by atoms with Crippen molar-refractivity contribution in [3.63, 3.8) is 0 Å². The maximum absolute atomic E-state index is 6.18. The highest BCUT2D eigenvalue weighted by Gasteiger charge is 2.09. The molecule has 2 nitrogen and oxygen atoms in total. The number of rotatable bonds is 6. The van der Waals surface area contributed by atoms with Crippen molar-refractivity contribution < 1.29 is 4.42 Å². The summed E-state index contributed by atoms with van der Waals surface area (Å²) in [5.41, 5.74) is 1.11. The molecule has 0 bridgehead atoms. The first-order chi connectivity index (χ1) is 9.20. The van der Waals surface area contributed by atoms with E-state index in [1.54, 1.807) is 11.8 Å². The molecule has 0 aliphatic heterocycles. The topological polar surface area (TPSA) is 25.2 Å². The second kappa shape index (κ2) is 7.04. The lowest BCUT2D eigenvalue weighted by atomic mass is 10.1. The Bertz CT molecular complexity index is 526. The molecule has 1 heterocycles. The van der Waals surface area contributed by atoms with Gasteiger partial charge in [0.25, 0.3) is 0 Å². The van der Waals surface area contributed by atoms with Gasteiger partial charge in [-0.3, -0.25) is 0 Å². The van der Waals surface area contributed by atoms with Crippen LogP contribution in [0.1, 0.15) is 30.0 Å². The molecule has 0 radical (unpaired) electrons. The molecule has 1 aromatic heterocycles. The summed E-state index contributed by atoms with van der Waals surface area (Å²) < 4.78 is 5.72. The second-order valence-corrected chi connectivity index (χ2v) is 5.70. The quantitative estimate of drug-likeness (QED) is 0.840. The monoisotopic (exact) mass is 295 g/mol. The first-order valence-electron chi connectivity index (χ1n) is 6.25. The third kappa shape index (κ3) is 4.03. The Balaban J connectivity index is 1.92. The first kappa shape index (κ1) is 14.5. The number of benzene rings is 1. The highest BCUT2D eigenvalue weighted by molar-refractivity contribution is 7.97. The molecule has 0 aliphatic rings. The van der Waals surface area contributed by atoms with Gasteiger partial charge in [-0.15, -0.1) is 0 Å². The van der Waals surface area contributed by atoms with Crippen molar-refractivity contribution in [3.05, 3.63) is 58.5 Å². The van der Waals surface area contributed by atoms with Crippen molar-refractivity contribution in [2.24, 2.45) is 0 Å². The highest BCUT2D eigenvalue weighted by Crippen LogP contribution is 2.22. The fourth-order valence-electron chi connectivity index (χ4n) is 1.93. The van der Waals surface area contributed by atoms with Gasteiger partial charge >= 0.3 is 0 Å². The van der Waals surface area contributed by atoms with Crippen LogP contribution >= 0.6 is 23.4 Å². The number of furan rings is 1. The van der Waals surface area contributed by atoms with Crippen molar-refractivity contribution in [1.82, 2.24) is 5.32 Å². The SMILES string of the molecule is CSCc1ccc(CN[C@@H](C)c2ccccc2Cl)o1. The summed E-state index contributed by atoms with van der Waals surface area (Å²) in [7, 11) is 0. The zero-order valence-corrected chi connectivity index (χ0v) is 12.7. The van der Waals surface area contributed by atoms with Gasteiger partial charge in [-0.1, -0.05) is 29.8 Å². The zero-order valence-electron chi connectivity index (χ0n) is 11.2. The molecule has 0 unspecified atom stereocenters. The second-order valence-electron chi connectivity index (χ2n) is 4.43. The lowest BCUT2D eigenvalue weighted by Gasteiger charge is -2.14. The van der Waals surface area contributed by atoms with Crippen LogP contribution in [0.15, 0.2) is 40.8 Å². The minimum absolute atomic E-state index is 0.197. The van der Waals surface area contributed by atoms with E-state index >= 15 is 0 Å². The summed E-state index contributed by atoms with van der Waals surface area (Å²) >= 11 is 7.94. The van der Waals surface area contributed by atoms with Gasteiger partial charge < -0.3 is 9.73 Å². The van der Waals surface area contributed by atoms with E-state index in [2.05, 4.69) is 18.5 Å². The van der Waals surface area contributed by atoms with E-state index in [4.69, 9.17) is 16.0 Å². The molecule has 102 valence electrons. The van der Waals surface area contributed by atoms with Crippen molar-refractivity contribution in [3.8, 4) is 0 Å². The summed E-state index contributed by atoms with van der Waals surface area (Å²) in [6.07, 6.45) is 2.07. The Morgan fingerprint density at radius 3 is 2.68 bits per heavy atom. The van der Waals surface area contributed by atoms with E-state index in [9.17, 15) is 0 Å². The van der Waals surface area contributed by atoms with Gasteiger partial charge in [-0.25, -0.2) is 0 Å². The Morgan fingerprint density at radius 1 is 1.21 bits per heavy atom. The van der Waals surface area contributed by atoms with Crippen LogP contribution in [0, 0.1) is 0 Å². The molecule has 0 amide bonds. The van der Waals surface area contributed by atoms with E-state index in [0.29, 0.717) is 6.54 Å². The summed E-state index contributed by atoms with van der Waals surface area (Å²) in [5.74, 6) is 2.90. The molecule has 0 aliphatic carbocycles. The van der Waals surface area contributed by atoms with Crippen LogP contribution in [0.3, 0.4) is 0 Å². The predicted molar refractivity (Wildman–Crippen MR) is 82.6 cm³/mol. The number of hydrogen-bond donors (Lipinski definition) is 1. The average molecular weight is 296 g/mol. The molecule has 1 N–H and O–H groups in total. The van der Waals surface area contributed by atoms with Gasteiger partial charge in [0.2, 0.25) is 0 Å². The molecular weight excluding hydrogens is 278 g/mol. The predicted octanol–water partition coefficient (Wildman–Crippen LogP) is 4.65. The van der Waals surface area contributed by atoms with Gasteiger partial charge in [-0.05, 0) is 36.9 Å². The minimum Gasteiger partial charge on any atom is -0.464 e. The molecule has 4 heteroatoms. The molecule has 0 fully saturated rings. The van der Waals surface area contributed by atoms with E-state index < -0.39 is 0 Å². The maximum Gasteiger partial charge on any atom is 0.118 e. The third-order valence-electron chi connectivity index (χ3n) is 2.96. The number of nitrogens with one attached hydrogen (secondary N) is 1. The van der Waals surface area contributed by atoms with Crippen LogP contribution in [0.5, 0.6) is 0 Å². The Labute approximate surface area is 123 Å². The Hall–Kier alpha value is -0.900. The fraction of sp³-hybridized carbons (Fsp3) is 0.333. The van der Waals surface area contributed by atoms with Gasteiger partial charge in [-0.2, -0.15) is 11.8 Å². The number of thioether (sulfide) groups is 1. The van der Waals surface area contributed by atoms with Gasteiger partial charge in [0.1, 0.15) is 11.5 Å². The van der Waals surface area contributed by atoms with Crippen molar-refractivity contribution in [1.29, 1.82) is 0 Å². The summed E-state index contributed by atoms with van der Waals surface area (Å²) in [6, 6.07) is 12.2. The van der Waals surface area contributed by atoms with E-state index in [-0.39, 0.29) is 6.04 Å². The molecule has 1 atom stereocenters. The average Bonchev–Trinajstić information content (AvgIpc) is 2.85. The van der Waals surface area contributed by atoms with Crippen molar-refractivity contribution in [2.75, 3.05) is 6.26 Å². The molecular formula is C15H18ClNOS. The Kier molecular flexibility index (Phi) is 5.37. The molecule has 0 saturated carbocycles. The minimum atomic E-state index is 0.197. The first-order valence-corrected chi connectivity index (χ1v) is 8.02. The molecule has 0 spiro atoms. The lowest BCUT2D eigenvalue weighted by molar-refractivity contribution is 0.442. The normalized spacial score (nSPS) is 12.6. The number of hydrogen-bond acceptors (Lipinski definition) is 3. The molecule has 2 rings (SSSR count). The molecule has 0 saturated heterocycles. The number of halogens is 1. The smallest absolute Gasteiger partial charge is 0.118 e. The molecule has 19 heavy (non-hydrogen) atoms. The highest BCUT2D eigenvalue weighted by atomic mass is 35.5. The van der Waals surface area contributed by atoms with E-state index in [1.165, 1.54) is 0 Å². The van der Waals surface area contributed by atoms with Crippen molar-refractivity contribution in [2.45, 2.75) is 25.3 Å². The maximum atomic E-state index is 6.18. The summed E-state index contributed by atoms with van der Waals surface area (Å²) in [6.45, 7) is 2.81. The van der Waals surface area contributed by atoms with Crippen LogP contribution in [0.4, 0.5) is 0 Å². The van der Waals surface area contributed by atoms with Crippen molar-refractivity contribution >= 4 is 23.4 Å². The van der Waals surface area contributed by atoms with Crippen LogP contribution in [-0.2, 0) is 12.3 Å². The third-order valence-corrected chi connectivity index (χ3v) is 3.88. The van der Waals surface area contributed by atoms with E-state index in [0.717, 1.165) is 27.9 Å². The Morgan fingerprint density at radius 2 is 1.95 bits per heavy atom. The fourth-order valence-corrected chi connectivity index (χ4v) is 2.67. The standard InChI is InChI=1S/C15H18ClNOS/c1-11(14-5-3-4-6-15(14)16)17-9-12-7-8-13(18-12)10-19-2/h3-8,11,17H,9-10H2,1-2H3/t11-/m0/s1. The van der Waals surface area contributed by atoms with Gasteiger partial charge in [0, 0.05) is 11.1 Å². The zero-order chi connectivity index (χ0) is 13.7. The van der Waals surface area contributed by atoms with Crippen LogP contribution < -0.4 is 5.32 Å².